The van der Waals surface area contributed by atoms with Crippen LogP contribution in [0.3, 0.4) is 0 Å². The molecule has 0 aromatic carbocycles. The molecule has 92 valence electrons. The summed E-state index contributed by atoms with van der Waals surface area (Å²) in [5, 5.41) is 7.70. The Hall–Kier alpha value is -1.03. The number of nitrogens with zero attached hydrogens (tertiary/aromatic N) is 3. The van der Waals surface area contributed by atoms with Crippen molar-refractivity contribution < 1.29 is 0 Å². The van der Waals surface area contributed by atoms with E-state index in [1.54, 1.807) is 0 Å². The van der Waals surface area contributed by atoms with E-state index in [0.717, 1.165) is 18.8 Å². The third-order valence-corrected chi connectivity index (χ3v) is 2.88. The molecule has 0 atom stereocenters. The number of anilines is 1. The molecule has 1 aromatic heterocycles. The van der Waals surface area contributed by atoms with Crippen molar-refractivity contribution in [3.05, 3.63) is 11.3 Å². The number of rotatable bonds is 6. The molecule has 0 unspecified atom stereocenters. The summed E-state index contributed by atoms with van der Waals surface area (Å²) in [5.41, 5.74) is 2.43. The van der Waals surface area contributed by atoms with E-state index in [4.69, 9.17) is 0 Å². The van der Waals surface area contributed by atoms with Crippen LogP contribution in [0.25, 0.3) is 0 Å². The van der Waals surface area contributed by atoms with E-state index in [1.807, 2.05) is 18.8 Å². The zero-order valence-corrected chi connectivity index (χ0v) is 11.2. The molecule has 0 saturated carbocycles. The van der Waals surface area contributed by atoms with Crippen molar-refractivity contribution in [2.75, 3.05) is 25.5 Å². The molecule has 0 amide bonds. The molecule has 4 heteroatoms. The predicted molar refractivity (Wildman–Crippen MR) is 68.9 cm³/mol. The predicted octanol–water partition coefficient (Wildman–Crippen LogP) is 1.68. The molecule has 1 rings (SSSR count). The number of hydrogen-bond donors (Lipinski definition) is 1. The van der Waals surface area contributed by atoms with E-state index in [1.165, 1.54) is 24.2 Å². The molecular weight excluding hydrogens is 200 g/mol. The van der Waals surface area contributed by atoms with Gasteiger partial charge in [-0.1, -0.05) is 13.3 Å². The Kier molecular flexibility index (Phi) is 4.80. The lowest BCUT2D eigenvalue weighted by Crippen LogP contribution is -2.23. The first kappa shape index (κ1) is 13.0. The third-order valence-electron chi connectivity index (χ3n) is 2.88. The van der Waals surface area contributed by atoms with Gasteiger partial charge in [-0.3, -0.25) is 4.68 Å². The molecule has 0 saturated heterocycles. The van der Waals surface area contributed by atoms with Crippen LogP contribution in [-0.2, 0) is 13.6 Å². The van der Waals surface area contributed by atoms with Crippen LogP contribution >= 0.6 is 0 Å². The maximum absolute atomic E-state index is 4.49. The van der Waals surface area contributed by atoms with Crippen LogP contribution in [0.2, 0.25) is 0 Å². The quantitative estimate of drug-likeness (QED) is 0.798. The van der Waals surface area contributed by atoms with Gasteiger partial charge >= 0.3 is 0 Å². The van der Waals surface area contributed by atoms with E-state index in [0.29, 0.717) is 0 Å². The summed E-state index contributed by atoms with van der Waals surface area (Å²) in [7, 11) is 6.14. The molecule has 0 radical (unpaired) electrons. The lowest BCUT2D eigenvalue weighted by atomic mass is 10.2. The number of aromatic nitrogens is 2. The van der Waals surface area contributed by atoms with Crippen molar-refractivity contribution in [2.45, 2.75) is 33.2 Å². The number of hydrogen-bond acceptors (Lipinski definition) is 3. The van der Waals surface area contributed by atoms with Crippen molar-refractivity contribution in [3.8, 4) is 0 Å². The van der Waals surface area contributed by atoms with Gasteiger partial charge in [-0.2, -0.15) is 5.10 Å². The maximum Gasteiger partial charge on any atom is 0.131 e. The fourth-order valence-electron chi connectivity index (χ4n) is 2.05. The minimum absolute atomic E-state index is 0.880. The molecular formula is C12H24N4. The highest BCUT2D eigenvalue weighted by Crippen LogP contribution is 2.22. The van der Waals surface area contributed by atoms with E-state index in [-0.39, 0.29) is 0 Å². The first-order chi connectivity index (χ1) is 7.61. The molecule has 1 heterocycles. The summed E-state index contributed by atoms with van der Waals surface area (Å²) in [4.78, 5) is 2.30. The molecule has 0 aliphatic rings. The van der Waals surface area contributed by atoms with Crippen LogP contribution in [0, 0.1) is 6.92 Å². The highest BCUT2D eigenvalue weighted by molar-refractivity contribution is 5.49. The number of aryl methyl sites for hydroxylation is 2. The summed E-state index contributed by atoms with van der Waals surface area (Å²) in [5.74, 6) is 1.24. The molecule has 1 aromatic rings. The normalized spacial score (nSPS) is 10.8. The number of nitrogens with one attached hydrogen (secondary N) is 1. The largest absolute Gasteiger partial charge is 0.360 e. The zero-order valence-electron chi connectivity index (χ0n) is 11.2. The lowest BCUT2D eigenvalue weighted by Gasteiger charge is -2.20. The second kappa shape index (κ2) is 5.89. The van der Waals surface area contributed by atoms with Gasteiger partial charge in [0.25, 0.3) is 0 Å². The second-order valence-corrected chi connectivity index (χ2v) is 4.32. The van der Waals surface area contributed by atoms with Gasteiger partial charge in [-0.25, -0.2) is 0 Å². The van der Waals surface area contributed by atoms with E-state index >= 15 is 0 Å². The van der Waals surface area contributed by atoms with Gasteiger partial charge in [0.15, 0.2) is 0 Å². The summed E-state index contributed by atoms with van der Waals surface area (Å²) in [6, 6.07) is 0. The Morgan fingerprint density at radius 2 is 2.12 bits per heavy atom. The van der Waals surface area contributed by atoms with Gasteiger partial charge < -0.3 is 10.2 Å². The maximum atomic E-state index is 4.49. The number of unbranched alkanes of at least 4 members (excludes halogenated alkanes) is 1. The summed E-state index contributed by atoms with van der Waals surface area (Å²) < 4.78 is 1.98. The molecule has 0 aliphatic carbocycles. The monoisotopic (exact) mass is 224 g/mol. The average Bonchev–Trinajstić information content (AvgIpc) is 2.51. The van der Waals surface area contributed by atoms with Crippen molar-refractivity contribution in [3.63, 3.8) is 0 Å². The van der Waals surface area contributed by atoms with Gasteiger partial charge in [0.2, 0.25) is 0 Å². The molecule has 0 fully saturated rings. The van der Waals surface area contributed by atoms with Crippen LogP contribution in [0.15, 0.2) is 0 Å². The molecule has 0 aliphatic heterocycles. The minimum atomic E-state index is 0.880. The SMILES string of the molecule is CCCCN(C)c1c(CNC)c(C)nn1C. The third kappa shape index (κ3) is 2.76. The van der Waals surface area contributed by atoms with Gasteiger partial charge in [0, 0.05) is 32.7 Å². The van der Waals surface area contributed by atoms with Crippen LogP contribution in [-0.4, -0.2) is 30.4 Å². The standard InChI is InChI=1S/C12H24N4/c1-6-7-8-15(4)12-11(9-13-3)10(2)14-16(12)5/h13H,6-9H2,1-5H3. The molecule has 4 nitrogen and oxygen atoms in total. The summed E-state index contributed by atoms with van der Waals surface area (Å²) in [6.45, 7) is 6.26. The van der Waals surface area contributed by atoms with Crippen LogP contribution in [0.1, 0.15) is 31.0 Å². The second-order valence-electron chi connectivity index (χ2n) is 4.32. The van der Waals surface area contributed by atoms with Crippen molar-refractivity contribution >= 4 is 5.82 Å². The van der Waals surface area contributed by atoms with Crippen LogP contribution in [0.4, 0.5) is 5.82 Å². The van der Waals surface area contributed by atoms with E-state index in [9.17, 15) is 0 Å². The van der Waals surface area contributed by atoms with Crippen molar-refractivity contribution in [1.82, 2.24) is 15.1 Å². The van der Waals surface area contributed by atoms with E-state index < -0.39 is 0 Å². The fraction of sp³-hybridized carbons (Fsp3) is 0.750. The lowest BCUT2D eigenvalue weighted by molar-refractivity contribution is 0.698. The summed E-state index contributed by atoms with van der Waals surface area (Å²) in [6.07, 6.45) is 2.45. The van der Waals surface area contributed by atoms with E-state index in [2.05, 4.69) is 36.2 Å². The van der Waals surface area contributed by atoms with Gasteiger partial charge in [0.05, 0.1) is 5.69 Å². The molecule has 0 bridgehead atoms. The van der Waals surface area contributed by atoms with Crippen molar-refractivity contribution in [1.29, 1.82) is 0 Å². The first-order valence-electron chi connectivity index (χ1n) is 6.00. The Morgan fingerprint density at radius 1 is 1.44 bits per heavy atom. The van der Waals surface area contributed by atoms with Gasteiger partial charge in [-0.05, 0) is 20.4 Å². The zero-order chi connectivity index (χ0) is 12.1. The van der Waals surface area contributed by atoms with Crippen molar-refractivity contribution in [2.24, 2.45) is 7.05 Å². The average molecular weight is 224 g/mol. The molecule has 1 N–H and O–H groups in total. The van der Waals surface area contributed by atoms with Crippen LogP contribution < -0.4 is 10.2 Å². The highest BCUT2D eigenvalue weighted by Gasteiger charge is 2.15. The van der Waals surface area contributed by atoms with Gasteiger partial charge in [-0.15, -0.1) is 0 Å². The van der Waals surface area contributed by atoms with Gasteiger partial charge in [0.1, 0.15) is 5.82 Å². The Labute approximate surface area is 98.6 Å². The minimum Gasteiger partial charge on any atom is -0.360 e. The smallest absolute Gasteiger partial charge is 0.131 e. The Morgan fingerprint density at radius 3 is 2.69 bits per heavy atom. The molecule has 0 spiro atoms. The Balaban J connectivity index is 2.91. The Bertz CT molecular complexity index is 330. The van der Waals surface area contributed by atoms with Crippen LogP contribution in [0.5, 0.6) is 0 Å². The fourth-order valence-corrected chi connectivity index (χ4v) is 2.05. The molecule has 16 heavy (non-hydrogen) atoms. The highest BCUT2D eigenvalue weighted by atomic mass is 15.4. The first-order valence-corrected chi connectivity index (χ1v) is 6.00. The topological polar surface area (TPSA) is 33.1 Å². The summed E-state index contributed by atoms with van der Waals surface area (Å²) >= 11 is 0.